The standard InChI is InChI=1S/C17H28ClN3O/c1-6-8-21(9-7-2)17(22)20-16-12(3)10-14(11-15(16)18)13(4)19-5/h10-11,13,19H,6-9H2,1-5H3,(H,20,22). The van der Waals surface area contributed by atoms with Crippen molar-refractivity contribution in [3.63, 3.8) is 0 Å². The van der Waals surface area contributed by atoms with Crippen LogP contribution in [0.2, 0.25) is 5.02 Å². The van der Waals surface area contributed by atoms with Crippen molar-refractivity contribution in [2.45, 2.75) is 46.6 Å². The molecule has 0 fully saturated rings. The van der Waals surface area contributed by atoms with Crippen LogP contribution < -0.4 is 10.6 Å². The van der Waals surface area contributed by atoms with Crippen LogP contribution in [-0.4, -0.2) is 31.1 Å². The second-order valence-electron chi connectivity index (χ2n) is 5.62. The molecule has 0 aliphatic rings. The smallest absolute Gasteiger partial charge is 0.321 e. The molecule has 4 nitrogen and oxygen atoms in total. The summed E-state index contributed by atoms with van der Waals surface area (Å²) < 4.78 is 0. The van der Waals surface area contributed by atoms with Crippen LogP contribution in [0.4, 0.5) is 10.5 Å². The molecule has 5 heteroatoms. The summed E-state index contributed by atoms with van der Waals surface area (Å²) in [5.74, 6) is 0. The molecule has 0 aliphatic heterocycles. The topological polar surface area (TPSA) is 44.4 Å². The monoisotopic (exact) mass is 325 g/mol. The average Bonchev–Trinajstić information content (AvgIpc) is 2.49. The summed E-state index contributed by atoms with van der Waals surface area (Å²) >= 11 is 6.38. The fraction of sp³-hybridized carbons (Fsp3) is 0.588. The first-order valence-corrected chi connectivity index (χ1v) is 8.35. The van der Waals surface area contributed by atoms with Crippen LogP contribution in [0.5, 0.6) is 0 Å². The number of amides is 2. The molecule has 0 aromatic heterocycles. The quantitative estimate of drug-likeness (QED) is 0.770. The summed E-state index contributed by atoms with van der Waals surface area (Å²) in [5.41, 5.74) is 2.80. The Morgan fingerprint density at radius 2 is 1.86 bits per heavy atom. The van der Waals surface area contributed by atoms with Gasteiger partial charge in [-0.3, -0.25) is 0 Å². The Morgan fingerprint density at radius 3 is 2.32 bits per heavy atom. The first-order valence-electron chi connectivity index (χ1n) is 7.97. The molecule has 1 unspecified atom stereocenters. The first kappa shape index (κ1) is 18.8. The van der Waals surface area contributed by atoms with E-state index in [4.69, 9.17) is 11.6 Å². The Hall–Kier alpha value is -1.26. The van der Waals surface area contributed by atoms with Crippen LogP contribution >= 0.6 is 11.6 Å². The van der Waals surface area contributed by atoms with E-state index in [1.54, 1.807) is 0 Å². The largest absolute Gasteiger partial charge is 0.325 e. The molecule has 1 aromatic rings. The molecule has 22 heavy (non-hydrogen) atoms. The zero-order chi connectivity index (χ0) is 16.7. The van der Waals surface area contributed by atoms with Crippen molar-refractivity contribution in [2.24, 2.45) is 0 Å². The average molecular weight is 326 g/mol. The van der Waals surface area contributed by atoms with Crippen LogP contribution in [-0.2, 0) is 0 Å². The Balaban J connectivity index is 2.95. The third kappa shape index (κ3) is 4.89. The maximum Gasteiger partial charge on any atom is 0.321 e. The molecule has 0 saturated heterocycles. The lowest BCUT2D eigenvalue weighted by Gasteiger charge is -2.23. The van der Waals surface area contributed by atoms with Gasteiger partial charge in [-0.25, -0.2) is 4.79 Å². The van der Waals surface area contributed by atoms with E-state index < -0.39 is 0 Å². The SMILES string of the molecule is CCCN(CCC)C(=O)Nc1c(C)cc(C(C)NC)cc1Cl. The van der Waals surface area contributed by atoms with Gasteiger partial charge in [-0.1, -0.05) is 31.5 Å². The Morgan fingerprint density at radius 1 is 1.27 bits per heavy atom. The van der Waals surface area contributed by atoms with Gasteiger partial charge in [0.1, 0.15) is 0 Å². The number of nitrogens with one attached hydrogen (secondary N) is 2. The summed E-state index contributed by atoms with van der Waals surface area (Å²) in [6.07, 6.45) is 1.89. The molecule has 0 aliphatic carbocycles. The van der Waals surface area contributed by atoms with Gasteiger partial charge in [-0.2, -0.15) is 0 Å². The van der Waals surface area contributed by atoms with Crippen molar-refractivity contribution in [2.75, 3.05) is 25.5 Å². The second-order valence-corrected chi connectivity index (χ2v) is 6.03. The molecule has 1 atom stereocenters. The van der Waals surface area contributed by atoms with E-state index in [9.17, 15) is 4.79 Å². The van der Waals surface area contributed by atoms with Gasteiger partial charge in [0, 0.05) is 19.1 Å². The molecule has 124 valence electrons. The third-order valence-electron chi connectivity index (χ3n) is 3.75. The number of carbonyl (C=O) groups is 1. The predicted molar refractivity (Wildman–Crippen MR) is 94.8 cm³/mol. The zero-order valence-electron chi connectivity index (χ0n) is 14.3. The zero-order valence-corrected chi connectivity index (χ0v) is 15.0. The normalized spacial score (nSPS) is 12.1. The summed E-state index contributed by atoms with van der Waals surface area (Å²) in [4.78, 5) is 14.2. The number of halogens is 1. The van der Waals surface area contributed by atoms with E-state index >= 15 is 0 Å². The van der Waals surface area contributed by atoms with Gasteiger partial charge in [0.2, 0.25) is 0 Å². The van der Waals surface area contributed by atoms with Crippen molar-refractivity contribution >= 4 is 23.3 Å². The van der Waals surface area contributed by atoms with Gasteiger partial charge >= 0.3 is 6.03 Å². The van der Waals surface area contributed by atoms with E-state index in [-0.39, 0.29) is 12.1 Å². The van der Waals surface area contributed by atoms with E-state index in [1.807, 2.05) is 24.9 Å². The number of nitrogens with zero attached hydrogens (tertiary/aromatic N) is 1. The molecule has 0 radical (unpaired) electrons. The maximum atomic E-state index is 12.4. The van der Waals surface area contributed by atoms with Crippen LogP contribution in [0.3, 0.4) is 0 Å². The first-order chi connectivity index (χ1) is 10.4. The van der Waals surface area contributed by atoms with Gasteiger partial charge in [0.05, 0.1) is 10.7 Å². The molecular weight excluding hydrogens is 298 g/mol. The maximum absolute atomic E-state index is 12.4. The Labute approximate surface area is 139 Å². The molecule has 0 bridgehead atoms. The minimum Gasteiger partial charge on any atom is -0.325 e. The van der Waals surface area contributed by atoms with Gasteiger partial charge in [-0.05, 0) is 50.9 Å². The molecular formula is C17H28ClN3O. The lowest BCUT2D eigenvalue weighted by Crippen LogP contribution is -2.36. The predicted octanol–water partition coefficient (Wildman–Crippen LogP) is 4.58. The van der Waals surface area contributed by atoms with Crippen molar-refractivity contribution in [1.82, 2.24) is 10.2 Å². The van der Waals surface area contributed by atoms with Crippen molar-refractivity contribution in [1.29, 1.82) is 0 Å². The summed E-state index contributed by atoms with van der Waals surface area (Å²) in [7, 11) is 1.91. The van der Waals surface area contributed by atoms with Gasteiger partial charge in [0.15, 0.2) is 0 Å². The van der Waals surface area contributed by atoms with Crippen LogP contribution in [0.25, 0.3) is 0 Å². The summed E-state index contributed by atoms with van der Waals surface area (Å²) in [6.45, 7) is 9.70. The van der Waals surface area contributed by atoms with Gasteiger partial charge in [0.25, 0.3) is 0 Å². The number of rotatable bonds is 7. The Kier molecular flexibility index (Phi) is 7.69. The number of carbonyl (C=O) groups excluding carboxylic acids is 1. The molecule has 2 N–H and O–H groups in total. The fourth-order valence-electron chi connectivity index (χ4n) is 2.39. The van der Waals surface area contributed by atoms with Crippen LogP contribution in [0, 0.1) is 6.92 Å². The molecule has 2 amide bonds. The number of hydrogen-bond acceptors (Lipinski definition) is 2. The third-order valence-corrected chi connectivity index (χ3v) is 4.05. The van der Waals surface area contributed by atoms with Crippen LogP contribution in [0.1, 0.15) is 50.8 Å². The van der Waals surface area contributed by atoms with E-state index in [0.717, 1.165) is 37.1 Å². The van der Waals surface area contributed by atoms with E-state index in [1.165, 1.54) is 0 Å². The molecule has 1 aromatic carbocycles. The highest BCUT2D eigenvalue weighted by Crippen LogP contribution is 2.30. The highest BCUT2D eigenvalue weighted by Gasteiger charge is 2.16. The number of hydrogen-bond donors (Lipinski definition) is 2. The van der Waals surface area contributed by atoms with Crippen molar-refractivity contribution in [3.8, 4) is 0 Å². The van der Waals surface area contributed by atoms with Crippen LogP contribution in [0.15, 0.2) is 12.1 Å². The number of aryl methyl sites for hydroxylation is 1. The Bertz CT molecular complexity index is 476. The van der Waals surface area contributed by atoms with Crippen molar-refractivity contribution < 1.29 is 4.79 Å². The molecule has 0 spiro atoms. The number of anilines is 1. The number of urea groups is 1. The molecule has 0 heterocycles. The molecule has 1 rings (SSSR count). The summed E-state index contributed by atoms with van der Waals surface area (Å²) in [6, 6.07) is 4.11. The molecule has 0 saturated carbocycles. The second kappa shape index (κ2) is 9.01. The van der Waals surface area contributed by atoms with Gasteiger partial charge in [-0.15, -0.1) is 0 Å². The fourth-order valence-corrected chi connectivity index (χ4v) is 2.71. The highest BCUT2D eigenvalue weighted by atomic mass is 35.5. The van der Waals surface area contributed by atoms with Gasteiger partial charge < -0.3 is 15.5 Å². The van der Waals surface area contributed by atoms with Crippen molar-refractivity contribution in [3.05, 3.63) is 28.3 Å². The lowest BCUT2D eigenvalue weighted by molar-refractivity contribution is 0.211. The van der Waals surface area contributed by atoms with E-state index in [2.05, 4.69) is 37.5 Å². The lowest BCUT2D eigenvalue weighted by atomic mass is 10.0. The minimum absolute atomic E-state index is 0.0804. The minimum atomic E-state index is -0.0804. The number of benzene rings is 1. The highest BCUT2D eigenvalue weighted by molar-refractivity contribution is 6.34. The van der Waals surface area contributed by atoms with E-state index in [0.29, 0.717) is 10.7 Å². The summed E-state index contributed by atoms with van der Waals surface area (Å²) in [5, 5.41) is 6.74.